The van der Waals surface area contributed by atoms with Gasteiger partial charge in [0, 0.05) is 25.7 Å². The molecule has 0 atom stereocenters. The molecule has 2 amide bonds. The van der Waals surface area contributed by atoms with Crippen LogP contribution in [0.3, 0.4) is 0 Å². The van der Waals surface area contributed by atoms with E-state index in [1.807, 2.05) is 9.80 Å². The molecular formula is C19H26N2O3S. The van der Waals surface area contributed by atoms with Gasteiger partial charge in [-0.3, -0.25) is 9.59 Å². The summed E-state index contributed by atoms with van der Waals surface area (Å²) in [4.78, 5) is 28.6. The molecule has 1 aliphatic carbocycles. The Labute approximate surface area is 153 Å². The van der Waals surface area contributed by atoms with Crippen molar-refractivity contribution in [3.63, 3.8) is 0 Å². The molecule has 6 heteroatoms. The van der Waals surface area contributed by atoms with Crippen LogP contribution in [0.2, 0.25) is 0 Å². The minimum absolute atomic E-state index is 0.109. The molecule has 0 aromatic heterocycles. The van der Waals surface area contributed by atoms with Crippen molar-refractivity contribution in [2.45, 2.75) is 32.4 Å². The second-order valence-corrected chi connectivity index (χ2v) is 7.71. The fraction of sp³-hybridized carbons (Fsp3) is 0.579. The molecule has 1 saturated carbocycles. The minimum Gasteiger partial charge on any atom is -0.378 e. The van der Waals surface area contributed by atoms with Gasteiger partial charge in [0.15, 0.2) is 0 Å². The number of hydrogen-bond donors (Lipinski definition) is 0. The van der Waals surface area contributed by atoms with Gasteiger partial charge in [-0.05, 0) is 25.3 Å². The lowest BCUT2D eigenvalue weighted by Gasteiger charge is -2.27. The Morgan fingerprint density at radius 1 is 1.16 bits per heavy atom. The molecule has 1 heterocycles. The maximum atomic E-state index is 12.6. The van der Waals surface area contributed by atoms with E-state index in [4.69, 9.17) is 4.74 Å². The van der Waals surface area contributed by atoms with Crippen molar-refractivity contribution in [3.05, 3.63) is 35.4 Å². The molecule has 2 fully saturated rings. The van der Waals surface area contributed by atoms with Gasteiger partial charge in [-0.25, -0.2) is 0 Å². The maximum Gasteiger partial charge on any atom is 0.233 e. The van der Waals surface area contributed by atoms with E-state index in [0.717, 1.165) is 12.8 Å². The van der Waals surface area contributed by atoms with Gasteiger partial charge in [0.2, 0.25) is 11.8 Å². The Bertz CT molecular complexity index is 595. The van der Waals surface area contributed by atoms with E-state index in [-0.39, 0.29) is 11.8 Å². The Kier molecular flexibility index (Phi) is 6.37. The second kappa shape index (κ2) is 8.72. The van der Waals surface area contributed by atoms with Crippen molar-refractivity contribution in [2.24, 2.45) is 0 Å². The molecule has 136 valence electrons. The number of rotatable bonds is 7. The van der Waals surface area contributed by atoms with Crippen LogP contribution in [-0.4, -0.2) is 65.5 Å². The van der Waals surface area contributed by atoms with E-state index >= 15 is 0 Å². The van der Waals surface area contributed by atoms with Crippen LogP contribution >= 0.6 is 11.8 Å². The van der Waals surface area contributed by atoms with Crippen LogP contribution in [0.4, 0.5) is 0 Å². The molecule has 1 aromatic rings. The van der Waals surface area contributed by atoms with Crippen LogP contribution in [0.1, 0.15) is 24.0 Å². The summed E-state index contributed by atoms with van der Waals surface area (Å²) >= 11 is 1.43. The Hall–Kier alpha value is -1.53. The number of carbonyl (C=O) groups is 2. The Morgan fingerprint density at radius 2 is 1.84 bits per heavy atom. The minimum atomic E-state index is 0.109. The van der Waals surface area contributed by atoms with Gasteiger partial charge in [0.25, 0.3) is 0 Å². The first-order valence-corrected chi connectivity index (χ1v) is 10.1. The third-order valence-corrected chi connectivity index (χ3v) is 5.50. The summed E-state index contributed by atoms with van der Waals surface area (Å²) in [5.74, 6) is 0.994. The quantitative estimate of drug-likeness (QED) is 0.745. The first kappa shape index (κ1) is 18.3. The van der Waals surface area contributed by atoms with Crippen LogP contribution in [0, 0.1) is 6.92 Å². The number of carbonyl (C=O) groups excluding carboxylic acids is 2. The normalized spacial score (nSPS) is 17.4. The molecule has 0 spiro atoms. The highest BCUT2D eigenvalue weighted by Crippen LogP contribution is 2.29. The number of nitrogens with zero attached hydrogens (tertiary/aromatic N) is 2. The van der Waals surface area contributed by atoms with E-state index in [0.29, 0.717) is 50.4 Å². The van der Waals surface area contributed by atoms with E-state index in [1.54, 1.807) is 0 Å². The van der Waals surface area contributed by atoms with Crippen LogP contribution in [-0.2, 0) is 20.9 Å². The van der Waals surface area contributed by atoms with Crippen LogP contribution < -0.4 is 0 Å². The highest BCUT2D eigenvalue weighted by Gasteiger charge is 2.32. The molecule has 3 rings (SSSR count). The van der Waals surface area contributed by atoms with Crippen LogP contribution in [0.15, 0.2) is 24.3 Å². The fourth-order valence-corrected chi connectivity index (χ4v) is 3.71. The zero-order valence-electron chi connectivity index (χ0n) is 14.8. The molecule has 1 aliphatic heterocycles. The number of aryl methyl sites for hydroxylation is 1. The van der Waals surface area contributed by atoms with Gasteiger partial charge >= 0.3 is 0 Å². The van der Waals surface area contributed by atoms with Crippen molar-refractivity contribution in [1.82, 2.24) is 9.80 Å². The molecule has 5 nitrogen and oxygen atoms in total. The first-order chi connectivity index (χ1) is 12.1. The molecular weight excluding hydrogens is 336 g/mol. The smallest absolute Gasteiger partial charge is 0.233 e. The van der Waals surface area contributed by atoms with Crippen molar-refractivity contribution >= 4 is 23.6 Å². The summed E-state index contributed by atoms with van der Waals surface area (Å²) in [6, 6.07) is 8.73. The number of morpholine rings is 1. The highest BCUT2D eigenvalue weighted by atomic mass is 32.2. The van der Waals surface area contributed by atoms with E-state index < -0.39 is 0 Å². The van der Waals surface area contributed by atoms with Gasteiger partial charge in [-0.2, -0.15) is 0 Å². The third kappa shape index (κ3) is 5.47. The topological polar surface area (TPSA) is 49.9 Å². The van der Waals surface area contributed by atoms with E-state index in [1.165, 1.54) is 22.9 Å². The monoisotopic (exact) mass is 362 g/mol. The van der Waals surface area contributed by atoms with Gasteiger partial charge < -0.3 is 14.5 Å². The largest absolute Gasteiger partial charge is 0.378 e. The summed E-state index contributed by atoms with van der Waals surface area (Å²) in [6.07, 6.45) is 2.18. The molecule has 0 bridgehead atoms. The standard InChI is InChI=1S/C19H26N2O3S/c1-15-2-4-16(5-3-15)12-21(17-6-7-17)19(23)14-25-13-18(22)20-8-10-24-11-9-20/h2-5,17H,6-14H2,1H3. The average molecular weight is 362 g/mol. The number of amides is 2. The molecule has 2 aliphatic rings. The molecule has 0 unspecified atom stereocenters. The van der Waals surface area contributed by atoms with Crippen LogP contribution in [0.5, 0.6) is 0 Å². The predicted molar refractivity (Wildman–Crippen MR) is 99.5 cm³/mol. The summed E-state index contributed by atoms with van der Waals surface area (Å²) in [6.45, 7) is 5.28. The van der Waals surface area contributed by atoms with E-state index in [2.05, 4.69) is 31.2 Å². The number of ether oxygens (including phenoxy) is 1. The van der Waals surface area contributed by atoms with Gasteiger partial charge in [-0.15, -0.1) is 11.8 Å². The number of thioether (sulfide) groups is 1. The molecule has 0 N–H and O–H groups in total. The molecule has 1 saturated heterocycles. The predicted octanol–water partition coefficient (Wildman–Crippen LogP) is 2.08. The lowest BCUT2D eigenvalue weighted by molar-refractivity contribution is -0.132. The van der Waals surface area contributed by atoms with Crippen molar-refractivity contribution in [2.75, 3.05) is 37.8 Å². The Morgan fingerprint density at radius 3 is 2.48 bits per heavy atom. The SMILES string of the molecule is Cc1ccc(CN(C(=O)CSCC(=O)N2CCOCC2)C2CC2)cc1. The fourth-order valence-electron chi connectivity index (χ4n) is 2.91. The lowest BCUT2D eigenvalue weighted by atomic mass is 10.1. The number of benzene rings is 1. The summed E-state index contributed by atoms with van der Waals surface area (Å²) in [5, 5.41) is 0. The van der Waals surface area contributed by atoms with Crippen molar-refractivity contribution in [3.8, 4) is 0 Å². The van der Waals surface area contributed by atoms with E-state index in [9.17, 15) is 9.59 Å². The number of hydrogen-bond acceptors (Lipinski definition) is 4. The molecule has 25 heavy (non-hydrogen) atoms. The van der Waals surface area contributed by atoms with Gasteiger partial charge in [0.05, 0.1) is 24.7 Å². The zero-order valence-corrected chi connectivity index (χ0v) is 15.6. The van der Waals surface area contributed by atoms with Gasteiger partial charge in [-0.1, -0.05) is 29.8 Å². The molecule has 1 aromatic carbocycles. The second-order valence-electron chi connectivity index (χ2n) is 6.72. The Balaban J connectivity index is 1.46. The molecule has 0 radical (unpaired) electrons. The summed E-state index contributed by atoms with van der Waals surface area (Å²) in [7, 11) is 0. The lowest BCUT2D eigenvalue weighted by Crippen LogP contribution is -2.42. The summed E-state index contributed by atoms with van der Waals surface area (Å²) < 4.78 is 5.26. The van der Waals surface area contributed by atoms with Crippen molar-refractivity contribution in [1.29, 1.82) is 0 Å². The highest BCUT2D eigenvalue weighted by molar-refractivity contribution is 8.00. The van der Waals surface area contributed by atoms with Crippen LogP contribution in [0.25, 0.3) is 0 Å². The zero-order chi connectivity index (χ0) is 17.6. The average Bonchev–Trinajstić information content (AvgIpc) is 3.46. The maximum absolute atomic E-state index is 12.6. The first-order valence-electron chi connectivity index (χ1n) is 8.92. The van der Waals surface area contributed by atoms with Crippen molar-refractivity contribution < 1.29 is 14.3 Å². The van der Waals surface area contributed by atoms with Gasteiger partial charge in [0.1, 0.15) is 0 Å². The third-order valence-electron chi connectivity index (χ3n) is 4.60. The summed E-state index contributed by atoms with van der Waals surface area (Å²) in [5.41, 5.74) is 2.39.